The largest absolute Gasteiger partial charge is 0.477 e. The van der Waals surface area contributed by atoms with Gasteiger partial charge in [-0.3, -0.25) is 10.1 Å². The highest BCUT2D eigenvalue weighted by atomic mass is 16.6. The first-order chi connectivity index (χ1) is 9.88. The maximum atomic E-state index is 11.2. The summed E-state index contributed by atoms with van der Waals surface area (Å²) in [4.78, 5) is 27.3. The van der Waals surface area contributed by atoms with E-state index in [-0.39, 0.29) is 11.6 Å². The smallest absolute Gasteiger partial charge is 0.342 e. The van der Waals surface area contributed by atoms with Crippen LogP contribution in [-0.4, -0.2) is 33.6 Å². The van der Waals surface area contributed by atoms with Crippen molar-refractivity contribution in [1.29, 1.82) is 0 Å². The number of nitro groups is 1. The Hall–Kier alpha value is -2.18. The molecule has 0 atom stereocenters. The third-order valence-electron chi connectivity index (χ3n) is 3.22. The average molecular weight is 295 g/mol. The number of aromatic nitrogens is 1. The second-order valence-electron chi connectivity index (χ2n) is 5.12. The molecule has 0 saturated heterocycles. The van der Waals surface area contributed by atoms with Crippen molar-refractivity contribution in [2.24, 2.45) is 0 Å². The molecule has 0 amide bonds. The Labute approximate surface area is 123 Å². The molecule has 0 aliphatic rings. The minimum Gasteiger partial charge on any atom is -0.477 e. The van der Waals surface area contributed by atoms with Crippen molar-refractivity contribution in [3.8, 4) is 0 Å². The first-order valence-electron chi connectivity index (χ1n) is 7.02. The summed E-state index contributed by atoms with van der Waals surface area (Å²) in [6, 6.07) is 1.42. The predicted molar refractivity (Wildman–Crippen MR) is 79.9 cm³/mol. The summed E-state index contributed by atoms with van der Waals surface area (Å²) in [5.41, 5.74) is -0.811. The zero-order chi connectivity index (χ0) is 16.0. The van der Waals surface area contributed by atoms with Crippen LogP contribution in [-0.2, 0) is 0 Å². The monoisotopic (exact) mass is 295 g/mol. The lowest BCUT2D eigenvalue weighted by molar-refractivity contribution is -0.385. The van der Waals surface area contributed by atoms with E-state index in [0.717, 1.165) is 32.0 Å². The summed E-state index contributed by atoms with van der Waals surface area (Å²) in [5.74, 6) is -0.855. The Kier molecular flexibility index (Phi) is 6.08. The molecule has 21 heavy (non-hydrogen) atoms. The molecule has 1 aromatic rings. The molecule has 0 aliphatic heterocycles. The molecule has 7 heteroatoms. The number of rotatable bonds is 8. The molecule has 0 radical (unpaired) electrons. The summed E-state index contributed by atoms with van der Waals surface area (Å²) < 4.78 is 0. The van der Waals surface area contributed by atoms with Gasteiger partial charge in [0.2, 0.25) is 0 Å². The Balaban J connectivity index is 3.12. The van der Waals surface area contributed by atoms with Crippen LogP contribution in [0.5, 0.6) is 0 Å². The van der Waals surface area contributed by atoms with Crippen LogP contribution in [0.3, 0.4) is 0 Å². The summed E-state index contributed by atoms with van der Waals surface area (Å²) >= 11 is 0. The lowest BCUT2D eigenvalue weighted by Gasteiger charge is -2.28. The quantitative estimate of drug-likeness (QED) is 0.449. The van der Waals surface area contributed by atoms with E-state index in [1.807, 2.05) is 18.7 Å². The van der Waals surface area contributed by atoms with E-state index in [0.29, 0.717) is 5.82 Å². The van der Waals surface area contributed by atoms with Gasteiger partial charge in [0.25, 0.3) is 0 Å². The maximum Gasteiger partial charge on any atom is 0.342 e. The number of hydrogen-bond donors (Lipinski definition) is 1. The molecule has 0 aromatic carbocycles. The third-order valence-corrected chi connectivity index (χ3v) is 3.22. The van der Waals surface area contributed by atoms with Gasteiger partial charge in [0, 0.05) is 18.7 Å². The van der Waals surface area contributed by atoms with E-state index in [4.69, 9.17) is 5.11 Å². The number of anilines is 1. The second-order valence-corrected chi connectivity index (χ2v) is 5.12. The molecular weight excluding hydrogens is 274 g/mol. The van der Waals surface area contributed by atoms with E-state index in [1.165, 1.54) is 6.07 Å². The summed E-state index contributed by atoms with van der Waals surface area (Å²) in [7, 11) is 0. The lowest BCUT2D eigenvalue weighted by atomic mass is 10.2. The molecule has 0 aliphatic carbocycles. The van der Waals surface area contributed by atoms with Crippen LogP contribution < -0.4 is 4.90 Å². The zero-order valence-corrected chi connectivity index (χ0v) is 12.6. The summed E-state index contributed by atoms with van der Waals surface area (Å²) in [6.45, 7) is 6.81. The Bertz CT molecular complexity index is 517. The normalized spacial score (nSPS) is 10.7. The molecule has 0 unspecified atom stereocenters. The Morgan fingerprint density at radius 2 is 2.14 bits per heavy atom. The fourth-order valence-corrected chi connectivity index (χ4v) is 2.08. The Morgan fingerprint density at radius 1 is 1.48 bits per heavy atom. The Morgan fingerprint density at radius 3 is 2.62 bits per heavy atom. The van der Waals surface area contributed by atoms with E-state index in [2.05, 4.69) is 11.9 Å². The highest BCUT2D eigenvalue weighted by Crippen LogP contribution is 2.24. The number of pyridine rings is 1. The van der Waals surface area contributed by atoms with Crippen molar-refractivity contribution >= 4 is 17.5 Å². The molecule has 0 bridgehead atoms. The van der Waals surface area contributed by atoms with Crippen molar-refractivity contribution in [3.05, 3.63) is 27.9 Å². The highest BCUT2D eigenvalue weighted by Gasteiger charge is 2.23. The average Bonchev–Trinajstić information content (AvgIpc) is 2.42. The molecule has 1 N–H and O–H groups in total. The van der Waals surface area contributed by atoms with Gasteiger partial charge < -0.3 is 10.0 Å². The molecule has 7 nitrogen and oxygen atoms in total. The molecule has 0 spiro atoms. The van der Waals surface area contributed by atoms with Gasteiger partial charge >= 0.3 is 11.7 Å². The number of hydrogen-bond acceptors (Lipinski definition) is 5. The zero-order valence-electron chi connectivity index (χ0n) is 12.6. The van der Waals surface area contributed by atoms with Gasteiger partial charge in [0.1, 0.15) is 17.6 Å². The number of carboxylic acid groups (broad SMARTS) is 1. The van der Waals surface area contributed by atoms with Crippen LogP contribution in [0.25, 0.3) is 0 Å². The van der Waals surface area contributed by atoms with Gasteiger partial charge in [-0.25, -0.2) is 9.78 Å². The maximum absolute atomic E-state index is 11.2. The first-order valence-corrected chi connectivity index (χ1v) is 7.02. The van der Waals surface area contributed by atoms with Gasteiger partial charge in [-0.1, -0.05) is 19.8 Å². The number of unbranched alkanes of at least 4 members (excludes halogenated alkanes) is 2. The van der Waals surface area contributed by atoms with E-state index in [9.17, 15) is 14.9 Å². The van der Waals surface area contributed by atoms with Crippen LogP contribution in [0, 0.1) is 10.1 Å². The molecular formula is C14H21N3O4. The van der Waals surface area contributed by atoms with Crippen LogP contribution in [0.2, 0.25) is 0 Å². The predicted octanol–water partition coefficient (Wildman–Crippen LogP) is 3.09. The number of carboxylic acids is 1. The molecule has 116 valence electrons. The molecule has 0 saturated carbocycles. The third kappa shape index (κ3) is 4.40. The number of nitrogens with zero attached hydrogens (tertiary/aromatic N) is 3. The van der Waals surface area contributed by atoms with Crippen LogP contribution in [0.4, 0.5) is 11.5 Å². The van der Waals surface area contributed by atoms with Gasteiger partial charge in [-0.15, -0.1) is 0 Å². The minimum atomic E-state index is -1.32. The van der Waals surface area contributed by atoms with Crippen molar-refractivity contribution < 1.29 is 14.8 Å². The highest BCUT2D eigenvalue weighted by molar-refractivity contribution is 5.93. The van der Waals surface area contributed by atoms with Crippen LogP contribution in [0.15, 0.2) is 12.3 Å². The van der Waals surface area contributed by atoms with Gasteiger partial charge in [-0.2, -0.15) is 0 Å². The first kappa shape index (κ1) is 16.9. The number of aromatic carboxylic acids is 1. The lowest BCUT2D eigenvalue weighted by Crippen LogP contribution is -2.32. The number of carbonyl (C=O) groups is 1. The topological polar surface area (TPSA) is 96.6 Å². The van der Waals surface area contributed by atoms with Crippen molar-refractivity contribution in [2.75, 3.05) is 11.4 Å². The SMILES string of the molecule is CCCCCN(c1cc(C(=O)O)c([N+](=O)[O-])cn1)C(C)C. The van der Waals surface area contributed by atoms with Crippen LogP contribution in [0.1, 0.15) is 50.4 Å². The van der Waals surface area contributed by atoms with Crippen molar-refractivity contribution in [1.82, 2.24) is 4.98 Å². The van der Waals surface area contributed by atoms with Gasteiger partial charge in [0.05, 0.1) is 4.92 Å². The van der Waals surface area contributed by atoms with Gasteiger partial charge in [-0.05, 0) is 20.3 Å². The minimum absolute atomic E-state index is 0.137. The fraction of sp³-hybridized carbons (Fsp3) is 0.571. The van der Waals surface area contributed by atoms with E-state index < -0.39 is 16.6 Å². The van der Waals surface area contributed by atoms with Crippen LogP contribution >= 0.6 is 0 Å². The second kappa shape index (κ2) is 7.56. The van der Waals surface area contributed by atoms with E-state index in [1.54, 1.807) is 0 Å². The van der Waals surface area contributed by atoms with Crippen molar-refractivity contribution in [2.45, 2.75) is 46.1 Å². The summed E-state index contributed by atoms with van der Waals surface area (Å²) in [5, 5.41) is 20.0. The molecule has 1 rings (SSSR count). The summed E-state index contributed by atoms with van der Waals surface area (Å²) in [6.07, 6.45) is 4.14. The fourth-order valence-electron chi connectivity index (χ4n) is 2.08. The molecule has 0 fully saturated rings. The van der Waals surface area contributed by atoms with Crippen molar-refractivity contribution in [3.63, 3.8) is 0 Å². The van der Waals surface area contributed by atoms with E-state index >= 15 is 0 Å². The molecule has 1 heterocycles. The van der Waals surface area contributed by atoms with Gasteiger partial charge in [0.15, 0.2) is 0 Å². The standard InChI is InChI=1S/C14H21N3O4/c1-4-5-6-7-16(10(2)3)13-8-11(14(18)19)12(9-15-13)17(20)21/h8-10H,4-7H2,1-3H3,(H,18,19). The molecule has 1 aromatic heterocycles.